The maximum Gasteiger partial charge on any atom is 0.335 e. The van der Waals surface area contributed by atoms with Gasteiger partial charge in [-0.05, 0) is 50.2 Å². The molecule has 1 N–H and O–H groups in total. The maximum atomic E-state index is 13.8. The van der Waals surface area contributed by atoms with Crippen LogP contribution < -0.4 is 20.5 Å². The third-order valence-corrected chi connectivity index (χ3v) is 6.60. The number of imidazole rings is 1. The average molecular weight is 462 g/mol. The van der Waals surface area contributed by atoms with Crippen LogP contribution >= 0.6 is 0 Å². The Balaban J connectivity index is 1.64. The highest BCUT2D eigenvalue weighted by Gasteiger charge is 2.24. The predicted octanol–water partition coefficient (Wildman–Crippen LogP) is 4.48. The fourth-order valence-corrected chi connectivity index (χ4v) is 4.38. The van der Waals surface area contributed by atoms with Crippen LogP contribution in [0.4, 0.5) is 5.95 Å². The molecule has 0 radical (unpaired) electrons. The van der Waals surface area contributed by atoms with Gasteiger partial charge >= 0.3 is 5.69 Å². The number of anilines is 1. The molecule has 1 fully saturated rings. The first-order chi connectivity index (χ1) is 16.6. The van der Waals surface area contributed by atoms with Crippen molar-refractivity contribution in [1.29, 1.82) is 0 Å². The first-order valence-corrected chi connectivity index (χ1v) is 11.9. The van der Waals surface area contributed by atoms with Crippen LogP contribution in [0, 0.1) is 5.92 Å². The molecule has 3 aromatic rings. The molecule has 34 heavy (non-hydrogen) atoms. The summed E-state index contributed by atoms with van der Waals surface area (Å²) in [7, 11) is 3.19. The van der Waals surface area contributed by atoms with Crippen molar-refractivity contribution in [2.75, 3.05) is 19.5 Å². The van der Waals surface area contributed by atoms with Crippen LogP contribution in [0.5, 0.6) is 11.5 Å². The van der Waals surface area contributed by atoms with Crippen molar-refractivity contribution < 1.29 is 9.47 Å². The van der Waals surface area contributed by atoms with Crippen LogP contribution in [-0.4, -0.2) is 39.4 Å². The minimum atomic E-state index is -0.169. The molecule has 1 aromatic carbocycles. The van der Waals surface area contributed by atoms with Crippen molar-refractivity contribution in [3.8, 4) is 17.2 Å². The van der Waals surface area contributed by atoms with E-state index in [9.17, 15) is 4.79 Å². The molecular weight excluding hydrogens is 430 g/mol. The summed E-state index contributed by atoms with van der Waals surface area (Å²) in [6, 6.07) is 5.84. The lowest BCUT2D eigenvalue weighted by Crippen LogP contribution is -2.24. The molecule has 2 aromatic heterocycles. The molecule has 1 saturated carbocycles. The second-order valence-electron chi connectivity index (χ2n) is 8.96. The van der Waals surface area contributed by atoms with E-state index in [1.54, 1.807) is 35.6 Å². The lowest BCUT2D eigenvalue weighted by Gasteiger charge is -2.11. The molecule has 8 nitrogen and oxygen atoms in total. The summed E-state index contributed by atoms with van der Waals surface area (Å²) in [5, 5.41) is 3.34. The van der Waals surface area contributed by atoms with Crippen molar-refractivity contribution in [3.63, 3.8) is 0 Å². The molecule has 2 heterocycles. The summed E-state index contributed by atoms with van der Waals surface area (Å²) in [4.78, 5) is 23.1. The van der Waals surface area contributed by atoms with Gasteiger partial charge in [-0.15, -0.1) is 0 Å². The van der Waals surface area contributed by atoms with Gasteiger partial charge in [0, 0.05) is 18.7 Å². The van der Waals surface area contributed by atoms with E-state index in [1.807, 2.05) is 12.1 Å². The highest BCUT2D eigenvalue weighted by Crippen LogP contribution is 2.30. The molecule has 0 spiro atoms. The van der Waals surface area contributed by atoms with Gasteiger partial charge in [-0.25, -0.2) is 14.3 Å². The van der Waals surface area contributed by atoms with Crippen LogP contribution in [0.2, 0.25) is 0 Å². The molecule has 5 rings (SSSR count). The molecule has 0 bridgehead atoms. The van der Waals surface area contributed by atoms with Crippen LogP contribution in [-0.2, 0) is 6.54 Å². The molecule has 2 aliphatic rings. The highest BCUT2D eigenvalue weighted by molar-refractivity contribution is 5.75. The fourth-order valence-electron chi connectivity index (χ4n) is 4.38. The monoisotopic (exact) mass is 461 g/mol. The number of fused-ring (bicyclic) bond motifs is 1. The molecule has 1 unspecified atom stereocenters. The van der Waals surface area contributed by atoms with E-state index in [0.29, 0.717) is 52.8 Å². The summed E-state index contributed by atoms with van der Waals surface area (Å²) in [5.74, 6) is 2.29. The quantitative estimate of drug-likeness (QED) is 0.498. The molecule has 1 atom stereocenters. The zero-order chi connectivity index (χ0) is 23.7. The van der Waals surface area contributed by atoms with Gasteiger partial charge in [-0.2, -0.15) is 4.98 Å². The van der Waals surface area contributed by atoms with E-state index < -0.39 is 0 Å². The number of methoxy groups -OCH3 is 2. The summed E-state index contributed by atoms with van der Waals surface area (Å²) >= 11 is 0. The Morgan fingerprint density at radius 3 is 2.79 bits per heavy atom. The Bertz CT molecular complexity index is 1320. The van der Waals surface area contributed by atoms with Crippen molar-refractivity contribution in [2.24, 2.45) is 5.92 Å². The number of hydrogen-bond donors (Lipinski definition) is 1. The van der Waals surface area contributed by atoms with Crippen LogP contribution in [0.3, 0.4) is 0 Å². The summed E-state index contributed by atoms with van der Waals surface area (Å²) in [5.41, 5.74) is 2.93. The number of hydrogen-bond acceptors (Lipinski definition) is 6. The molecule has 2 aliphatic carbocycles. The Morgan fingerprint density at radius 1 is 1.21 bits per heavy atom. The zero-order valence-corrected chi connectivity index (χ0v) is 20.0. The normalized spacial score (nSPS) is 18.0. The van der Waals surface area contributed by atoms with Crippen LogP contribution in [0.25, 0.3) is 16.9 Å². The zero-order valence-electron chi connectivity index (χ0n) is 20.0. The number of benzene rings is 1. The van der Waals surface area contributed by atoms with E-state index >= 15 is 0 Å². The van der Waals surface area contributed by atoms with Crippen LogP contribution in [0.1, 0.15) is 39.0 Å². The lowest BCUT2D eigenvalue weighted by molar-refractivity contribution is 0.393. The predicted molar refractivity (Wildman–Crippen MR) is 133 cm³/mol. The summed E-state index contributed by atoms with van der Waals surface area (Å²) < 4.78 is 14.4. The van der Waals surface area contributed by atoms with Gasteiger partial charge in [0.1, 0.15) is 17.0 Å². The Hall–Kier alpha value is -3.55. The molecule has 8 heteroatoms. The smallest absolute Gasteiger partial charge is 0.335 e. The van der Waals surface area contributed by atoms with Gasteiger partial charge in [-0.1, -0.05) is 30.7 Å². The van der Waals surface area contributed by atoms with Crippen molar-refractivity contribution >= 4 is 17.1 Å². The van der Waals surface area contributed by atoms with E-state index in [0.717, 1.165) is 32.1 Å². The fraction of sp³-hybridized carbons (Fsp3) is 0.423. The van der Waals surface area contributed by atoms with Gasteiger partial charge in [0.25, 0.3) is 0 Å². The number of allylic oxidation sites excluding steroid dienone is 4. The molecular formula is C26H31N5O3. The number of ether oxygens (including phenoxy) is 2. The van der Waals surface area contributed by atoms with Crippen molar-refractivity contribution in [2.45, 2.75) is 51.6 Å². The number of aromatic nitrogens is 4. The standard InChI is InChI=1S/C26H31N5O3/c1-4-17-6-5-7-18(9-8-17)16-30-22-15-27-25(28-19-10-11-19)29-24(22)31(26(30)32)21-13-12-20(33-2)14-23(21)34-3/h5-6,9,12-15,17,19H,4,7-8,10-11,16H2,1-3H3,(H,27,28,29). The van der Waals surface area contributed by atoms with E-state index in [-0.39, 0.29) is 5.69 Å². The van der Waals surface area contributed by atoms with Crippen LogP contribution in [0.15, 0.2) is 53.0 Å². The largest absolute Gasteiger partial charge is 0.497 e. The van der Waals surface area contributed by atoms with Gasteiger partial charge in [-0.3, -0.25) is 4.57 Å². The van der Waals surface area contributed by atoms with Gasteiger partial charge in [0.05, 0.1) is 26.1 Å². The van der Waals surface area contributed by atoms with Crippen molar-refractivity contribution in [1.82, 2.24) is 19.1 Å². The minimum absolute atomic E-state index is 0.169. The van der Waals surface area contributed by atoms with E-state index in [4.69, 9.17) is 14.5 Å². The summed E-state index contributed by atoms with van der Waals surface area (Å²) in [6.45, 7) is 2.71. The Morgan fingerprint density at radius 2 is 2.06 bits per heavy atom. The Labute approximate surface area is 198 Å². The number of nitrogens with one attached hydrogen (secondary N) is 1. The molecule has 0 saturated heterocycles. The third kappa shape index (κ3) is 4.32. The average Bonchev–Trinajstić information content (AvgIpc) is 3.67. The van der Waals surface area contributed by atoms with E-state index in [2.05, 4.69) is 35.5 Å². The maximum absolute atomic E-state index is 13.8. The number of nitrogens with zero attached hydrogens (tertiary/aromatic N) is 4. The van der Waals surface area contributed by atoms with Gasteiger partial charge in [0.15, 0.2) is 5.65 Å². The van der Waals surface area contributed by atoms with Gasteiger partial charge in [0.2, 0.25) is 5.95 Å². The third-order valence-electron chi connectivity index (χ3n) is 6.60. The SMILES string of the molecule is CCC1C=CCC(Cn2c(=O)n(-c3ccc(OC)cc3OC)c3nc(NC4CC4)ncc32)=CC1. The number of rotatable bonds is 8. The topological polar surface area (TPSA) is 83.2 Å². The molecule has 0 amide bonds. The second-order valence-corrected chi connectivity index (χ2v) is 8.96. The summed E-state index contributed by atoms with van der Waals surface area (Å²) in [6.07, 6.45) is 13.7. The Kier molecular flexibility index (Phi) is 6.13. The van der Waals surface area contributed by atoms with E-state index in [1.165, 1.54) is 5.57 Å². The minimum Gasteiger partial charge on any atom is -0.497 e. The lowest BCUT2D eigenvalue weighted by atomic mass is 10.0. The highest BCUT2D eigenvalue weighted by atomic mass is 16.5. The molecule has 178 valence electrons. The first-order valence-electron chi connectivity index (χ1n) is 11.9. The molecule has 0 aliphatic heterocycles. The second kappa shape index (κ2) is 9.37. The van der Waals surface area contributed by atoms with Gasteiger partial charge < -0.3 is 14.8 Å². The van der Waals surface area contributed by atoms with Crippen molar-refractivity contribution in [3.05, 3.63) is 58.7 Å². The first kappa shape index (κ1) is 22.3.